The number of halogens is 1. The highest BCUT2D eigenvalue weighted by Crippen LogP contribution is 2.40. The predicted molar refractivity (Wildman–Crippen MR) is 84.6 cm³/mol. The molecule has 3 nitrogen and oxygen atoms in total. The van der Waals surface area contributed by atoms with Crippen LogP contribution in [0.25, 0.3) is 0 Å². The number of fused-ring (bicyclic) bond motifs is 3. The smallest absolute Gasteiger partial charge is 0.233 e. The molecule has 4 heteroatoms. The van der Waals surface area contributed by atoms with Crippen LogP contribution in [0.15, 0.2) is 48.5 Å². The Morgan fingerprint density at radius 2 is 1.95 bits per heavy atom. The van der Waals surface area contributed by atoms with E-state index in [1.54, 1.807) is 0 Å². The van der Waals surface area contributed by atoms with Crippen LogP contribution >= 0.6 is 11.6 Å². The highest BCUT2D eigenvalue weighted by molar-refractivity contribution is 6.31. The molecule has 0 spiro atoms. The molecular formula is C18H16ClNO2. The van der Waals surface area contributed by atoms with Gasteiger partial charge in [-0.25, -0.2) is 0 Å². The highest BCUT2D eigenvalue weighted by Gasteiger charge is 2.45. The maximum Gasteiger partial charge on any atom is 0.233 e. The molecule has 0 saturated carbocycles. The fraction of sp³-hybridized carbons (Fsp3) is 0.278. The normalized spacial score (nSPS) is 23.3. The van der Waals surface area contributed by atoms with E-state index in [1.165, 1.54) is 0 Å². The number of likely N-dealkylation sites (tertiary alicyclic amines) is 1. The first-order chi connectivity index (χ1) is 10.7. The molecule has 2 aliphatic heterocycles. The number of benzene rings is 2. The minimum Gasteiger partial charge on any atom is -0.370 e. The first kappa shape index (κ1) is 13.8. The summed E-state index contributed by atoms with van der Waals surface area (Å²) in [5.41, 5.74) is 3.13. The third-order valence-electron chi connectivity index (χ3n) is 4.50. The zero-order valence-corrected chi connectivity index (χ0v) is 12.8. The largest absolute Gasteiger partial charge is 0.370 e. The van der Waals surface area contributed by atoms with Crippen LogP contribution in [0.1, 0.15) is 22.6 Å². The Hall–Kier alpha value is -1.84. The lowest BCUT2D eigenvalue weighted by atomic mass is 9.89. The number of amides is 1. The predicted octanol–water partition coefficient (Wildman–Crippen LogP) is 3.36. The summed E-state index contributed by atoms with van der Waals surface area (Å²) < 4.78 is 5.90. The summed E-state index contributed by atoms with van der Waals surface area (Å²) in [5.74, 6) is -0.0803. The number of ether oxygens (including phenoxy) is 1. The number of hydrogen-bond donors (Lipinski definition) is 0. The van der Waals surface area contributed by atoms with E-state index in [9.17, 15) is 4.79 Å². The van der Waals surface area contributed by atoms with Gasteiger partial charge < -0.3 is 9.64 Å². The van der Waals surface area contributed by atoms with E-state index in [4.69, 9.17) is 16.3 Å². The molecule has 0 unspecified atom stereocenters. The molecule has 2 atom stereocenters. The first-order valence-corrected chi connectivity index (χ1v) is 7.83. The van der Waals surface area contributed by atoms with Crippen molar-refractivity contribution in [1.29, 1.82) is 0 Å². The van der Waals surface area contributed by atoms with Crippen LogP contribution in [0.4, 0.5) is 0 Å². The monoisotopic (exact) mass is 313 g/mol. The first-order valence-electron chi connectivity index (χ1n) is 7.45. The molecule has 0 aromatic heterocycles. The summed E-state index contributed by atoms with van der Waals surface area (Å²) in [4.78, 5) is 14.7. The molecule has 0 bridgehead atoms. The maximum atomic E-state index is 12.8. The minimum absolute atomic E-state index is 0.0674. The molecule has 1 fully saturated rings. The summed E-state index contributed by atoms with van der Waals surface area (Å²) in [6, 6.07) is 15.8. The van der Waals surface area contributed by atoms with Gasteiger partial charge in [0.15, 0.2) is 0 Å². The van der Waals surface area contributed by atoms with Crippen molar-refractivity contribution in [1.82, 2.24) is 4.90 Å². The number of hydrogen-bond acceptors (Lipinski definition) is 2. The van der Waals surface area contributed by atoms with Gasteiger partial charge in [-0.2, -0.15) is 0 Å². The molecule has 112 valence electrons. The lowest BCUT2D eigenvalue weighted by Gasteiger charge is -2.26. The summed E-state index contributed by atoms with van der Waals surface area (Å²) in [7, 11) is 0. The van der Waals surface area contributed by atoms with E-state index in [2.05, 4.69) is 0 Å². The number of carbonyl (C=O) groups excluding carboxylic acids is 1. The van der Waals surface area contributed by atoms with E-state index in [0.29, 0.717) is 24.7 Å². The number of nitrogens with zero attached hydrogens (tertiary/aromatic N) is 1. The molecule has 2 aromatic carbocycles. The Morgan fingerprint density at radius 3 is 2.77 bits per heavy atom. The Kier molecular flexibility index (Phi) is 3.40. The standard InChI is InChI=1S/C18H16ClNO2/c19-15-8-4-7-13-14(15)11-22-16-10-20(18(21)17(13)16)9-12-5-2-1-3-6-12/h1-8,16-17H,9-11H2/t16-,17-/m1/s1. The molecule has 0 N–H and O–H groups in total. The van der Waals surface area contributed by atoms with Gasteiger partial charge in [-0.05, 0) is 17.2 Å². The fourth-order valence-electron chi connectivity index (χ4n) is 3.41. The van der Waals surface area contributed by atoms with Crippen molar-refractivity contribution < 1.29 is 9.53 Å². The highest BCUT2D eigenvalue weighted by atomic mass is 35.5. The van der Waals surface area contributed by atoms with E-state index < -0.39 is 0 Å². The minimum atomic E-state index is -0.217. The topological polar surface area (TPSA) is 29.5 Å². The van der Waals surface area contributed by atoms with Crippen LogP contribution in [-0.4, -0.2) is 23.5 Å². The van der Waals surface area contributed by atoms with Crippen molar-refractivity contribution in [2.45, 2.75) is 25.2 Å². The zero-order chi connectivity index (χ0) is 15.1. The van der Waals surface area contributed by atoms with Crippen LogP contribution in [0.5, 0.6) is 0 Å². The van der Waals surface area contributed by atoms with Crippen molar-refractivity contribution in [3.63, 3.8) is 0 Å². The van der Waals surface area contributed by atoms with Crippen LogP contribution in [0.3, 0.4) is 0 Å². The molecule has 0 aliphatic carbocycles. The van der Waals surface area contributed by atoms with Crippen LogP contribution in [0, 0.1) is 0 Å². The van der Waals surface area contributed by atoms with E-state index in [1.807, 2.05) is 53.4 Å². The quantitative estimate of drug-likeness (QED) is 0.851. The van der Waals surface area contributed by atoms with Gasteiger partial charge in [-0.3, -0.25) is 4.79 Å². The van der Waals surface area contributed by atoms with Gasteiger partial charge >= 0.3 is 0 Å². The summed E-state index contributed by atoms with van der Waals surface area (Å²) in [6.07, 6.45) is -0.0674. The average Bonchev–Trinajstić information content (AvgIpc) is 2.85. The van der Waals surface area contributed by atoms with Crippen LogP contribution in [-0.2, 0) is 22.7 Å². The molecule has 4 rings (SSSR count). The van der Waals surface area contributed by atoms with Gasteiger partial charge in [-0.1, -0.05) is 54.1 Å². The maximum absolute atomic E-state index is 12.8. The Balaban J connectivity index is 1.63. The van der Waals surface area contributed by atoms with Gasteiger partial charge in [0.2, 0.25) is 5.91 Å². The lowest BCUT2D eigenvalue weighted by molar-refractivity contribution is -0.130. The molecule has 2 aromatic rings. The van der Waals surface area contributed by atoms with Crippen molar-refractivity contribution >= 4 is 17.5 Å². The van der Waals surface area contributed by atoms with E-state index >= 15 is 0 Å². The molecule has 2 heterocycles. The fourth-order valence-corrected chi connectivity index (χ4v) is 3.64. The Bertz CT molecular complexity index is 716. The SMILES string of the molecule is O=C1[C@@H]2c3cccc(Cl)c3CO[C@@H]2CN1Cc1ccccc1. The van der Waals surface area contributed by atoms with Crippen LogP contribution in [0.2, 0.25) is 5.02 Å². The lowest BCUT2D eigenvalue weighted by Crippen LogP contribution is -2.28. The zero-order valence-electron chi connectivity index (χ0n) is 12.0. The van der Waals surface area contributed by atoms with Crippen LogP contribution < -0.4 is 0 Å². The summed E-state index contributed by atoms with van der Waals surface area (Å²) in [5, 5.41) is 0.685. The molecular weight excluding hydrogens is 298 g/mol. The summed E-state index contributed by atoms with van der Waals surface area (Å²) >= 11 is 6.24. The molecule has 1 saturated heterocycles. The Labute approximate surface area is 134 Å². The second-order valence-corrected chi connectivity index (χ2v) is 6.25. The van der Waals surface area contributed by atoms with Gasteiger partial charge in [0.05, 0.1) is 18.6 Å². The second kappa shape index (κ2) is 5.41. The second-order valence-electron chi connectivity index (χ2n) is 5.84. The average molecular weight is 314 g/mol. The third-order valence-corrected chi connectivity index (χ3v) is 4.85. The van der Waals surface area contributed by atoms with Gasteiger partial charge in [0, 0.05) is 23.7 Å². The number of carbonyl (C=O) groups is 1. The summed E-state index contributed by atoms with van der Waals surface area (Å²) in [6.45, 7) is 1.76. The van der Waals surface area contributed by atoms with E-state index in [-0.39, 0.29) is 17.9 Å². The van der Waals surface area contributed by atoms with E-state index in [0.717, 1.165) is 16.7 Å². The van der Waals surface area contributed by atoms with Crippen molar-refractivity contribution in [2.24, 2.45) is 0 Å². The molecule has 2 aliphatic rings. The van der Waals surface area contributed by atoms with Crippen molar-refractivity contribution in [3.8, 4) is 0 Å². The van der Waals surface area contributed by atoms with Crippen molar-refractivity contribution in [3.05, 3.63) is 70.2 Å². The molecule has 0 radical (unpaired) electrons. The van der Waals surface area contributed by atoms with Gasteiger partial charge in [-0.15, -0.1) is 0 Å². The van der Waals surface area contributed by atoms with Gasteiger partial charge in [0.25, 0.3) is 0 Å². The Morgan fingerprint density at radius 1 is 1.14 bits per heavy atom. The number of rotatable bonds is 2. The van der Waals surface area contributed by atoms with Crippen molar-refractivity contribution in [2.75, 3.05) is 6.54 Å². The molecule has 22 heavy (non-hydrogen) atoms. The van der Waals surface area contributed by atoms with Gasteiger partial charge in [0.1, 0.15) is 0 Å². The third kappa shape index (κ3) is 2.21. The molecule has 1 amide bonds.